The van der Waals surface area contributed by atoms with Gasteiger partial charge in [0.05, 0.1) is 5.02 Å². The Labute approximate surface area is 130 Å². The molecule has 0 saturated carbocycles. The molecule has 1 amide bonds. The van der Waals surface area contributed by atoms with Gasteiger partial charge in [0, 0.05) is 28.0 Å². The number of anilines is 2. The molecule has 102 valence electrons. The van der Waals surface area contributed by atoms with Gasteiger partial charge in [0.2, 0.25) is 0 Å². The van der Waals surface area contributed by atoms with E-state index < -0.39 is 0 Å². The summed E-state index contributed by atoms with van der Waals surface area (Å²) >= 11 is 9.31. The minimum atomic E-state index is -0.162. The largest absolute Gasteiger partial charge is 0.384 e. The zero-order valence-corrected chi connectivity index (χ0v) is 12.9. The lowest BCUT2D eigenvalue weighted by molar-refractivity contribution is 0.102. The van der Waals surface area contributed by atoms with Crippen molar-refractivity contribution in [1.82, 2.24) is 0 Å². The lowest BCUT2D eigenvalue weighted by atomic mass is 10.1. The van der Waals surface area contributed by atoms with Crippen LogP contribution in [-0.2, 0) is 6.42 Å². The molecule has 3 nitrogen and oxygen atoms in total. The fourth-order valence-electron chi connectivity index (χ4n) is 2.22. The number of fused-ring (bicyclic) bond motifs is 1. The number of nitrogens with one attached hydrogen (secondary N) is 2. The van der Waals surface area contributed by atoms with Gasteiger partial charge < -0.3 is 10.6 Å². The van der Waals surface area contributed by atoms with E-state index in [1.807, 2.05) is 18.2 Å². The van der Waals surface area contributed by atoms with E-state index in [1.165, 1.54) is 5.56 Å². The summed E-state index contributed by atoms with van der Waals surface area (Å²) in [5, 5.41) is 6.71. The van der Waals surface area contributed by atoms with Gasteiger partial charge in [-0.3, -0.25) is 4.79 Å². The lowest BCUT2D eigenvalue weighted by Gasteiger charge is -2.08. The second-order valence-corrected chi connectivity index (χ2v) is 5.89. The average molecular weight is 352 g/mol. The van der Waals surface area contributed by atoms with E-state index in [9.17, 15) is 4.79 Å². The summed E-state index contributed by atoms with van der Waals surface area (Å²) in [6.45, 7) is 0.953. The van der Waals surface area contributed by atoms with Crippen LogP contribution in [0, 0.1) is 0 Å². The molecule has 2 N–H and O–H groups in total. The molecular weight excluding hydrogens is 340 g/mol. The maximum atomic E-state index is 12.2. The Morgan fingerprint density at radius 2 is 2.10 bits per heavy atom. The molecule has 0 unspecified atom stereocenters. The second-order valence-electron chi connectivity index (χ2n) is 4.63. The molecule has 1 aliphatic rings. The summed E-state index contributed by atoms with van der Waals surface area (Å²) in [6.07, 6.45) is 0.989. The first-order valence-electron chi connectivity index (χ1n) is 6.27. The molecule has 1 aliphatic heterocycles. The molecule has 2 aromatic carbocycles. The fraction of sp³-hybridized carbons (Fsp3) is 0.133. The van der Waals surface area contributed by atoms with E-state index in [4.69, 9.17) is 11.6 Å². The van der Waals surface area contributed by atoms with Gasteiger partial charge >= 0.3 is 0 Å². The van der Waals surface area contributed by atoms with E-state index in [0.29, 0.717) is 10.6 Å². The van der Waals surface area contributed by atoms with Crippen LogP contribution in [-0.4, -0.2) is 12.5 Å². The highest BCUT2D eigenvalue weighted by Gasteiger charge is 2.12. The smallest absolute Gasteiger partial charge is 0.255 e. The first kappa shape index (κ1) is 13.5. The molecule has 0 aliphatic carbocycles. The van der Waals surface area contributed by atoms with Crippen molar-refractivity contribution in [2.24, 2.45) is 0 Å². The molecule has 20 heavy (non-hydrogen) atoms. The second kappa shape index (κ2) is 5.46. The third kappa shape index (κ3) is 2.67. The summed E-state index contributed by atoms with van der Waals surface area (Å²) < 4.78 is 0.777. The molecule has 0 aromatic heterocycles. The fourth-order valence-corrected chi connectivity index (χ4v) is 2.65. The van der Waals surface area contributed by atoms with Crippen molar-refractivity contribution in [2.45, 2.75) is 6.42 Å². The van der Waals surface area contributed by atoms with Crippen molar-refractivity contribution in [3.63, 3.8) is 0 Å². The van der Waals surface area contributed by atoms with Crippen LogP contribution in [0.5, 0.6) is 0 Å². The summed E-state index contributed by atoms with van der Waals surface area (Å²) in [4.78, 5) is 12.2. The number of hydrogen-bond acceptors (Lipinski definition) is 2. The zero-order chi connectivity index (χ0) is 14.1. The Bertz CT molecular complexity index is 688. The minimum absolute atomic E-state index is 0.162. The van der Waals surface area contributed by atoms with Crippen molar-refractivity contribution in [3.05, 3.63) is 57.0 Å². The van der Waals surface area contributed by atoms with Gasteiger partial charge in [-0.25, -0.2) is 0 Å². The van der Waals surface area contributed by atoms with Crippen LogP contribution in [0.25, 0.3) is 0 Å². The molecule has 0 spiro atoms. The summed E-state index contributed by atoms with van der Waals surface area (Å²) in [6, 6.07) is 11.1. The number of hydrogen-bond donors (Lipinski definition) is 2. The normalized spacial score (nSPS) is 12.7. The van der Waals surface area contributed by atoms with Gasteiger partial charge in [0.15, 0.2) is 0 Å². The first-order chi connectivity index (χ1) is 9.63. The number of carbonyl (C=O) groups excluding carboxylic acids is 1. The summed E-state index contributed by atoms with van der Waals surface area (Å²) in [7, 11) is 0. The van der Waals surface area contributed by atoms with Gasteiger partial charge in [-0.2, -0.15) is 0 Å². The monoisotopic (exact) mass is 350 g/mol. The van der Waals surface area contributed by atoms with E-state index >= 15 is 0 Å². The minimum Gasteiger partial charge on any atom is -0.384 e. The van der Waals surface area contributed by atoms with Gasteiger partial charge in [-0.1, -0.05) is 11.6 Å². The number of carbonyl (C=O) groups is 1. The number of amides is 1. The van der Waals surface area contributed by atoms with Crippen molar-refractivity contribution >= 4 is 44.8 Å². The first-order valence-corrected chi connectivity index (χ1v) is 7.44. The Balaban J connectivity index is 1.80. The maximum absolute atomic E-state index is 12.2. The number of benzene rings is 2. The molecule has 2 aromatic rings. The van der Waals surface area contributed by atoms with E-state index in [0.717, 1.165) is 28.8 Å². The molecule has 3 rings (SSSR count). The Kier molecular flexibility index (Phi) is 3.68. The highest BCUT2D eigenvalue weighted by Crippen LogP contribution is 2.26. The van der Waals surface area contributed by atoms with Gasteiger partial charge in [0.25, 0.3) is 5.91 Å². The van der Waals surface area contributed by atoms with Crippen molar-refractivity contribution in [1.29, 1.82) is 0 Å². The number of rotatable bonds is 2. The molecule has 0 saturated heterocycles. The summed E-state index contributed by atoms with van der Waals surface area (Å²) in [5.41, 5.74) is 3.72. The quantitative estimate of drug-likeness (QED) is 0.846. The standard InChI is InChI=1S/C15H12BrClN2O/c16-12-3-1-10(8-13(12)17)15(20)19-11-2-4-14-9(7-11)5-6-18-14/h1-4,7-8,18H,5-6H2,(H,19,20). The van der Waals surface area contributed by atoms with Crippen LogP contribution in [0.4, 0.5) is 11.4 Å². The SMILES string of the molecule is O=C(Nc1ccc2c(c1)CCN2)c1ccc(Br)c(Cl)c1. The van der Waals surface area contributed by atoms with Crippen LogP contribution in [0.15, 0.2) is 40.9 Å². The van der Waals surface area contributed by atoms with E-state index in [1.54, 1.807) is 18.2 Å². The maximum Gasteiger partial charge on any atom is 0.255 e. The molecule has 0 fully saturated rings. The Morgan fingerprint density at radius 3 is 2.90 bits per heavy atom. The van der Waals surface area contributed by atoms with Crippen LogP contribution >= 0.6 is 27.5 Å². The highest BCUT2D eigenvalue weighted by molar-refractivity contribution is 9.10. The molecule has 1 heterocycles. The van der Waals surface area contributed by atoms with Crippen LogP contribution in [0.1, 0.15) is 15.9 Å². The third-order valence-electron chi connectivity index (χ3n) is 3.25. The molecule has 0 atom stereocenters. The van der Waals surface area contributed by atoms with Gasteiger partial charge in [-0.15, -0.1) is 0 Å². The predicted molar refractivity (Wildman–Crippen MR) is 85.7 cm³/mol. The van der Waals surface area contributed by atoms with Crippen molar-refractivity contribution in [3.8, 4) is 0 Å². The van der Waals surface area contributed by atoms with E-state index in [2.05, 4.69) is 26.6 Å². The molecule has 0 radical (unpaired) electrons. The van der Waals surface area contributed by atoms with Gasteiger partial charge in [-0.05, 0) is 64.3 Å². The molecular formula is C15H12BrClN2O. The van der Waals surface area contributed by atoms with Crippen LogP contribution in [0.3, 0.4) is 0 Å². The molecule has 0 bridgehead atoms. The Hall–Kier alpha value is -1.52. The van der Waals surface area contributed by atoms with Crippen molar-refractivity contribution < 1.29 is 4.79 Å². The van der Waals surface area contributed by atoms with Crippen LogP contribution in [0.2, 0.25) is 5.02 Å². The highest BCUT2D eigenvalue weighted by atomic mass is 79.9. The predicted octanol–water partition coefficient (Wildman–Crippen LogP) is 4.32. The third-order valence-corrected chi connectivity index (χ3v) is 4.49. The van der Waals surface area contributed by atoms with Crippen molar-refractivity contribution in [2.75, 3.05) is 17.2 Å². The average Bonchev–Trinajstić information content (AvgIpc) is 2.89. The van der Waals surface area contributed by atoms with E-state index in [-0.39, 0.29) is 5.91 Å². The topological polar surface area (TPSA) is 41.1 Å². The van der Waals surface area contributed by atoms with Gasteiger partial charge in [0.1, 0.15) is 0 Å². The number of halogens is 2. The molecule has 5 heteroatoms. The van der Waals surface area contributed by atoms with Crippen LogP contribution < -0.4 is 10.6 Å². The zero-order valence-electron chi connectivity index (χ0n) is 10.5. The summed E-state index contributed by atoms with van der Waals surface area (Å²) in [5.74, 6) is -0.162. The Morgan fingerprint density at radius 1 is 1.25 bits per heavy atom. The lowest BCUT2D eigenvalue weighted by Crippen LogP contribution is -2.11.